The van der Waals surface area contributed by atoms with Crippen molar-refractivity contribution in [1.29, 1.82) is 0 Å². The first kappa shape index (κ1) is 21.7. The van der Waals surface area contributed by atoms with Gasteiger partial charge in [-0.1, -0.05) is 48.0 Å². The Morgan fingerprint density at radius 2 is 1.56 bits per heavy atom. The molecule has 1 unspecified atom stereocenters. The quantitative estimate of drug-likeness (QED) is 0.347. The number of anilines is 2. The number of nitrogens with one attached hydrogen (secondary N) is 2. The summed E-state index contributed by atoms with van der Waals surface area (Å²) in [5, 5.41) is 16.6. The van der Waals surface area contributed by atoms with Gasteiger partial charge in [-0.05, 0) is 60.0 Å². The molecule has 0 heterocycles. The van der Waals surface area contributed by atoms with Gasteiger partial charge in [-0.25, -0.2) is 4.39 Å². The minimum Gasteiger partial charge on any atom is -0.502 e. The third kappa shape index (κ3) is 4.42. The first-order valence-corrected chi connectivity index (χ1v) is 10.4. The van der Waals surface area contributed by atoms with Gasteiger partial charge >= 0.3 is 0 Å². The Balaban J connectivity index is 1.67. The van der Waals surface area contributed by atoms with E-state index in [1.54, 1.807) is 30.3 Å². The Kier molecular flexibility index (Phi) is 6.08. The zero-order valence-corrected chi connectivity index (χ0v) is 17.9. The Morgan fingerprint density at radius 3 is 2.25 bits per heavy atom. The average molecular weight is 451 g/mol. The van der Waals surface area contributed by atoms with E-state index in [9.17, 15) is 19.1 Å². The Bertz CT molecular complexity index is 1330. The third-order valence-electron chi connectivity index (χ3n) is 5.34. The number of hydrogen-bond acceptors (Lipinski definition) is 5. The van der Waals surface area contributed by atoms with E-state index in [4.69, 9.17) is 11.6 Å². The van der Waals surface area contributed by atoms with Crippen LogP contribution in [-0.2, 0) is 0 Å². The summed E-state index contributed by atoms with van der Waals surface area (Å²) in [6, 6.07) is 20.6. The topological polar surface area (TPSA) is 78.4 Å². The van der Waals surface area contributed by atoms with Crippen LogP contribution in [0.25, 0.3) is 0 Å². The zero-order chi connectivity index (χ0) is 22.8. The molecule has 0 aliphatic rings. The van der Waals surface area contributed by atoms with Gasteiger partial charge in [0.1, 0.15) is 11.5 Å². The molecule has 0 saturated heterocycles. The maximum Gasteiger partial charge on any atom is 0.271 e. The molecule has 0 spiro atoms. The molecule has 0 aliphatic heterocycles. The normalized spacial score (nSPS) is 13.1. The van der Waals surface area contributed by atoms with Gasteiger partial charge in [0.2, 0.25) is 0 Å². The lowest BCUT2D eigenvalue weighted by Crippen LogP contribution is -2.32. The molecule has 5 nitrogen and oxygen atoms in total. The van der Waals surface area contributed by atoms with Crippen LogP contribution in [0, 0.1) is 5.82 Å². The van der Waals surface area contributed by atoms with Crippen LogP contribution in [0.2, 0.25) is 5.02 Å². The molecule has 3 N–H and O–H groups in total. The monoisotopic (exact) mass is 450 g/mol. The molecule has 4 aromatic carbocycles. The SMILES string of the molecule is C[C@@H](NC(c1ccc(Cl)cc1)c1cccc(Nc2c(O)c(=O)c2=O)c1)c1cccc(F)c1. The van der Waals surface area contributed by atoms with Crippen LogP contribution in [0.3, 0.4) is 0 Å². The lowest BCUT2D eigenvalue weighted by Gasteiger charge is -2.25. The largest absolute Gasteiger partial charge is 0.502 e. The second-order valence-electron chi connectivity index (χ2n) is 7.56. The van der Waals surface area contributed by atoms with Gasteiger partial charge in [-0.15, -0.1) is 0 Å². The Labute approximate surface area is 188 Å². The van der Waals surface area contributed by atoms with Crippen molar-refractivity contribution in [3.05, 3.63) is 121 Å². The van der Waals surface area contributed by atoms with Crippen molar-refractivity contribution >= 4 is 23.0 Å². The summed E-state index contributed by atoms with van der Waals surface area (Å²) in [5.41, 5.74) is 1.38. The van der Waals surface area contributed by atoms with Crippen molar-refractivity contribution in [3.8, 4) is 5.75 Å². The Hall–Kier alpha value is -3.48. The maximum atomic E-state index is 13.7. The lowest BCUT2D eigenvalue weighted by atomic mass is 9.96. The minimum atomic E-state index is -0.895. The second kappa shape index (κ2) is 8.94. The minimum absolute atomic E-state index is 0.115. The van der Waals surface area contributed by atoms with E-state index >= 15 is 0 Å². The van der Waals surface area contributed by atoms with E-state index in [0.29, 0.717) is 10.7 Å². The van der Waals surface area contributed by atoms with Crippen molar-refractivity contribution in [1.82, 2.24) is 5.32 Å². The maximum absolute atomic E-state index is 13.7. The predicted molar refractivity (Wildman–Crippen MR) is 124 cm³/mol. The molecule has 0 fully saturated rings. The van der Waals surface area contributed by atoms with Gasteiger partial charge in [-0.2, -0.15) is 0 Å². The van der Waals surface area contributed by atoms with Crippen molar-refractivity contribution in [2.24, 2.45) is 0 Å². The van der Waals surface area contributed by atoms with Crippen molar-refractivity contribution in [3.63, 3.8) is 0 Å². The van der Waals surface area contributed by atoms with Gasteiger partial charge in [0.25, 0.3) is 10.9 Å². The molecular formula is C25H20ClFN2O3. The highest BCUT2D eigenvalue weighted by Crippen LogP contribution is 2.30. The number of halogens is 2. The highest BCUT2D eigenvalue weighted by molar-refractivity contribution is 6.30. The molecule has 7 heteroatoms. The molecule has 162 valence electrons. The van der Waals surface area contributed by atoms with E-state index in [1.165, 1.54) is 12.1 Å². The second-order valence-corrected chi connectivity index (χ2v) is 8.00. The summed E-state index contributed by atoms with van der Waals surface area (Å²) in [4.78, 5) is 23.0. The van der Waals surface area contributed by atoms with Gasteiger partial charge in [-0.3, -0.25) is 14.9 Å². The zero-order valence-electron chi connectivity index (χ0n) is 17.1. The fraction of sp³-hybridized carbons (Fsp3) is 0.120. The summed E-state index contributed by atoms with van der Waals surface area (Å²) in [5.74, 6) is -0.870. The molecule has 32 heavy (non-hydrogen) atoms. The summed E-state index contributed by atoms with van der Waals surface area (Å²) < 4.78 is 13.7. The van der Waals surface area contributed by atoms with Gasteiger partial charge in [0, 0.05) is 16.8 Å². The van der Waals surface area contributed by atoms with Crippen LogP contribution in [0.5, 0.6) is 5.75 Å². The summed E-state index contributed by atoms with van der Waals surface area (Å²) >= 11 is 6.07. The lowest BCUT2D eigenvalue weighted by molar-refractivity contribution is 0.466. The van der Waals surface area contributed by atoms with Crippen LogP contribution < -0.4 is 21.5 Å². The molecule has 0 aromatic heterocycles. The fourth-order valence-electron chi connectivity index (χ4n) is 3.60. The average Bonchev–Trinajstić information content (AvgIpc) is 2.81. The number of benzene rings is 3. The number of hydrogen-bond donors (Lipinski definition) is 3. The van der Waals surface area contributed by atoms with Crippen molar-refractivity contribution in [2.75, 3.05) is 5.32 Å². The molecule has 2 atom stereocenters. The molecular weight excluding hydrogens is 431 g/mol. The van der Waals surface area contributed by atoms with Crippen LogP contribution in [-0.4, -0.2) is 5.11 Å². The van der Waals surface area contributed by atoms with Gasteiger partial charge in [0.15, 0.2) is 5.75 Å². The standard InChI is InChI=1S/C25H20ClFN2O3/c1-14(16-4-2-6-19(27)12-16)28-21(15-8-10-18(26)11-9-15)17-5-3-7-20(13-17)29-22-23(30)25(32)24(22)31/h2-14,21,28-30H,1H3/t14-,21?/m1/s1. The van der Waals surface area contributed by atoms with Crippen LogP contribution in [0.15, 0.2) is 82.4 Å². The molecule has 4 rings (SSSR count). The molecule has 0 saturated carbocycles. The molecule has 0 aliphatic carbocycles. The molecule has 0 amide bonds. The highest BCUT2D eigenvalue weighted by Gasteiger charge is 2.22. The van der Waals surface area contributed by atoms with E-state index < -0.39 is 16.6 Å². The summed E-state index contributed by atoms with van der Waals surface area (Å²) in [7, 11) is 0. The molecule has 4 aromatic rings. The molecule has 0 bridgehead atoms. The number of aromatic hydroxyl groups is 1. The first-order valence-electron chi connectivity index (χ1n) is 9.99. The molecule has 0 radical (unpaired) electrons. The summed E-state index contributed by atoms with van der Waals surface area (Å²) in [6.45, 7) is 1.95. The van der Waals surface area contributed by atoms with Crippen molar-refractivity contribution < 1.29 is 9.50 Å². The van der Waals surface area contributed by atoms with E-state index in [2.05, 4.69) is 10.6 Å². The van der Waals surface area contributed by atoms with Crippen LogP contribution >= 0.6 is 11.6 Å². The van der Waals surface area contributed by atoms with E-state index in [0.717, 1.165) is 16.7 Å². The van der Waals surface area contributed by atoms with E-state index in [-0.39, 0.29) is 23.6 Å². The highest BCUT2D eigenvalue weighted by atomic mass is 35.5. The number of rotatable bonds is 7. The summed E-state index contributed by atoms with van der Waals surface area (Å²) in [6.07, 6.45) is 0. The first-order chi connectivity index (χ1) is 15.3. The smallest absolute Gasteiger partial charge is 0.271 e. The van der Waals surface area contributed by atoms with Crippen LogP contribution in [0.4, 0.5) is 15.8 Å². The third-order valence-corrected chi connectivity index (χ3v) is 5.60. The fourth-order valence-corrected chi connectivity index (χ4v) is 3.72. The van der Waals surface area contributed by atoms with Crippen molar-refractivity contribution in [2.45, 2.75) is 19.0 Å². The van der Waals surface area contributed by atoms with Crippen LogP contribution in [0.1, 0.15) is 35.7 Å². The van der Waals surface area contributed by atoms with Gasteiger partial charge in [0.05, 0.1) is 6.04 Å². The predicted octanol–water partition coefficient (Wildman–Crippen LogP) is 4.96. The Morgan fingerprint density at radius 1 is 0.875 bits per heavy atom. The van der Waals surface area contributed by atoms with Gasteiger partial charge < -0.3 is 10.4 Å². The van der Waals surface area contributed by atoms with E-state index in [1.807, 2.05) is 37.3 Å².